The second kappa shape index (κ2) is 11.0. The highest BCUT2D eigenvalue weighted by Crippen LogP contribution is 2.40. The summed E-state index contributed by atoms with van der Waals surface area (Å²) in [4.78, 5) is 6.70. The summed E-state index contributed by atoms with van der Waals surface area (Å²) < 4.78 is 2.56. The van der Waals surface area contributed by atoms with Crippen LogP contribution in [0.5, 0.6) is 0 Å². The number of anilines is 3. The summed E-state index contributed by atoms with van der Waals surface area (Å²) in [6.07, 6.45) is 3.85. The van der Waals surface area contributed by atoms with E-state index in [1.54, 1.807) is 0 Å². The zero-order chi connectivity index (χ0) is 30.5. The van der Waals surface area contributed by atoms with E-state index < -0.39 is 0 Å². The van der Waals surface area contributed by atoms with E-state index in [2.05, 4.69) is 168 Å². The largest absolute Gasteiger partial charge is 0.311 e. The van der Waals surface area contributed by atoms with E-state index in [0.717, 1.165) is 17.1 Å². The highest BCUT2D eigenvalue weighted by molar-refractivity contribution is 7.25. The van der Waals surface area contributed by atoms with Gasteiger partial charge in [-0.2, -0.15) is 0 Å². The van der Waals surface area contributed by atoms with Crippen LogP contribution in [0, 0.1) is 0 Å². The zero-order valence-corrected chi connectivity index (χ0v) is 25.8. The normalized spacial score (nSPS) is 11.5. The first kappa shape index (κ1) is 26.6. The van der Waals surface area contributed by atoms with Crippen molar-refractivity contribution in [2.24, 2.45) is 0 Å². The number of thiophene rings is 1. The van der Waals surface area contributed by atoms with Gasteiger partial charge in [0.2, 0.25) is 0 Å². The fourth-order valence-electron chi connectivity index (χ4n) is 6.71. The first-order chi connectivity index (χ1) is 22.8. The van der Waals surface area contributed by atoms with E-state index in [-0.39, 0.29) is 0 Å². The molecule has 3 heteroatoms. The van der Waals surface area contributed by atoms with Gasteiger partial charge in [-0.3, -0.25) is 4.98 Å². The molecule has 0 aliphatic rings. The van der Waals surface area contributed by atoms with Crippen molar-refractivity contribution >= 4 is 70.1 Å². The third-order valence-electron chi connectivity index (χ3n) is 8.95. The summed E-state index contributed by atoms with van der Waals surface area (Å²) in [5.74, 6) is 0. The van der Waals surface area contributed by atoms with Crippen LogP contribution in [-0.2, 0) is 0 Å². The molecule has 0 aliphatic carbocycles. The Morgan fingerprint density at radius 2 is 1.02 bits per heavy atom. The van der Waals surface area contributed by atoms with Gasteiger partial charge in [0.1, 0.15) is 0 Å². The lowest BCUT2D eigenvalue weighted by molar-refractivity contribution is 1.28. The van der Waals surface area contributed by atoms with Crippen LogP contribution in [0.2, 0.25) is 0 Å². The van der Waals surface area contributed by atoms with Crippen molar-refractivity contribution < 1.29 is 0 Å². The maximum Gasteiger partial charge on any atom is 0.0462 e. The maximum absolute atomic E-state index is 4.38. The summed E-state index contributed by atoms with van der Waals surface area (Å²) >= 11 is 1.82. The average Bonchev–Trinajstić information content (AvgIpc) is 3.51. The molecular formula is C43H28N2S. The number of para-hydroxylation sites is 1. The number of hydrogen-bond acceptors (Lipinski definition) is 3. The first-order valence-corrected chi connectivity index (χ1v) is 16.3. The molecule has 0 bridgehead atoms. The third kappa shape index (κ3) is 4.52. The van der Waals surface area contributed by atoms with Crippen molar-refractivity contribution in [3.05, 3.63) is 170 Å². The Bertz CT molecular complexity index is 2510. The monoisotopic (exact) mass is 604 g/mol. The van der Waals surface area contributed by atoms with E-state index >= 15 is 0 Å². The molecule has 0 N–H and O–H groups in total. The van der Waals surface area contributed by atoms with E-state index in [0.29, 0.717) is 0 Å². The Kier molecular flexibility index (Phi) is 6.36. The molecule has 0 amide bonds. The van der Waals surface area contributed by atoms with Crippen molar-refractivity contribution in [1.82, 2.24) is 4.98 Å². The van der Waals surface area contributed by atoms with Crippen LogP contribution in [-0.4, -0.2) is 4.98 Å². The molecular weight excluding hydrogens is 577 g/mol. The highest BCUT2D eigenvalue weighted by atomic mass is 32.1. The minimum Gasteiger partial charge on any atom is -0.311 e. The van der Waals surface area contributed by atoms with E-state index in [4.69, 9.17) is 0 Å². The molecule has 2 heterocycles. The smallest absolute Gasteiger partial charge is 0.0462 e. The molecule has 0 atom stereocenters. The molecule has 2 aromatic heterocycles. The molecule has 0 aliphatic heterocycles. The van der Waals surface area contributed by atoms with Gasteiger partial charge < -0.3 is 4.90 Å². The van der Waals surface area contributed by atoms with Crippen LogP contribution in [0.1, 0.15) is 0 Å². The minimum absolute atomic E-state index is 1.12. The van der Waals surface area contributed by atoms with Crippen LogP contribution in [0.15, 0.2) is 170 Å². The Labute approximate surface area is 271 Å². The molecule has 9 rings (SSSR count). The lowest BCUT2D eigenvalue weighted by Crippen LogP contribution is -2.09. The molecule has 0 fully saturated rings. The van der Waals surface area contributed by atoms with E-state index in [1.165, 1.54) is 64.0 Å². The summed E-state index contributed by atoms with van der Waals surface area (Å²) in [5, 5.41) is 7.59. The number of rotatable bonds is 5. The fourth-order valence-corrected chi connectivity index (χ4v) is 7.76. The van der Waals surface area contributed by atoms with Crippen molar-refractivity contribution in [2.45, 2.75) is 0 Å². The van der Waals surface area contributed by atoms with Gasteiger partial charge in [0.25, 0.3) is 0 Å². The van der Waals surface area contributed by atoms with Gasteiger partial charge in [-0.15, -0.1) is 11.3 Å². The third-order valence-corrected chi connectivity index (χ3v) is 10.1. The van der Waals surface area contributed by atoms with Crippen molar-refractivity contribution in [3.63, 3.8) is 0 Å². The first-order valence-electron chi connectivity index (χ1n) is 15.5. The predicted molar refractivity (Wildman–Crippen MR) is 198 cm³/mol. The Balaban J connectivity index is 1.10. The van der Waals surface area contributed by atoms with Crippen LogP contribution < -0.4 is 4.90 Å². The second-order valence-electron chi connectivity index (χ2n) is 11.6. The van der Waals surface area contributed by atoms with Gasteiger partial charge in [-0.25, -0.2) is 0 Å². The molecule has 7 aromatic carbocycles. The van der Waals surface area contributed by atoms with Crippen LogP contribution >= 0.6 is 11.3 Å². The van der Waals surface area contributed by atoms with Crippen molar-refractivity contribution in [3.8, 4) is 22.3 Å². The van der Waals surface area contributed by atoms with E-state index in [9.17, 15) is 0 Å². The molecule has 0 saturated carbocycles. The Morgan fingerprint density at radius 3 is 1.80 bits per heavy atom. The summed E-state index contributed by atoms with van der Waals surface area (Å²) in [5.41, 5.74) is 8.22. The molecule has 46 heavy (non-hydrogen) atoms. The van der Waals surface area contributed by atoms with E-state index in [1.807, 2.05) is 23.7 Å². The molecule has 0 spiro atoms. The van der Waals surface area contributed by atoms with Gasteiger partial charge in [-0.1, -0.05) is 97.1 Å². The number of nitrogens with zero attached hydrogens (tertiary/aromatic N) is 2. The molecule has 0 unspecified atom stereocenters. The standard InChI is InChI=1S/C43H28N2S/c1-2-9-33(10-3-1)45(34-19-14-29(15-20-34)31-18-23-42-40(26-31)41-28-44-25-24-43(41)46-42)35-21-16-30(17-22-35)39-27-32-8-4-5-11-36(32)37-12-6-7-13-38(37)39/h1-28H. The summed E-state index contributed by atoms with van der Waals surface area (Å²) in [6.45, 7) is 0. The second-order valence-corrected chi connectivity index (χ2v) is 12.7. The number of pyridine rings is 1. The zero-order valence-electron chi connectivity index (χ0n) is 25.0. The van der Waals surface area contributed by atoms with Gasteiger partial charge in [0.15, 0.2) is 0 Å². The van der Waals surface area contributed by atoms with Crippen LogP contribution in [0.4, 0.5) is 17.1 Å². The van der Waals surface area contributed by atoms with Crippen LogP contribution in [0.3, 0.4) is 0 Å². The minimum atomic E-state index is 1.12. The van der Waals surface area contributed by atoms with Gasteiger partial charge >= 0.3 is 0 Å². The quantitative estimate of drug-likeness (QED) is 0.182. The van der Waals surface area contributed by atoms with Gasteiger partial charge in [0.05, 0.1) is 0 Å². The number of aromatic nitrogens is 1. The molecule has 0 radical (unpaired) electrons. The SMILES string of the molecule is c1ccc(N(c2ccc(-c3ccc4sc5ccncc5c4c3)cc2)c2ccc(-c3cc4ccccc4c4ccccc34)cc2)cc1. The fraction of sp³-hybridized carbons (Fsp3) is 0. The Hall–Kier alpha value is -5.77. The van der Waals surface area contributed by atoms with Gasteiger partial charge in [-0.05, 0) is 104 Å². The highest BCUT2D eigenvalue weighted by Gasteiger charge is 2.15. The average molecular weight is 605 g/mol. The lowest BCUT2D eigenvalue weighted by atomic mass is 9.93. The molecule has 9 aromatic rings. The molecule has 216 valence electrons. The summed E-state index contributed by atoms with van der Waals surface area (Å²) in [7, 11) is 0. The Morgan fingerprint density at radius 1 is 0.413 bits per heavy atom. The van der Waals surface area contributed by atoms with Crippen molar-refractivity contribution in [2.75, 3.05) is 4.90 Å². The predicted octanol–water partition coefficient (Wildman–Crippen LogP) is 12.6. The lowest BCUT2D eigenvalue weighted by Gasteiger charge is -2.26. The number of benzene rings is 7. The van der Waals surface area contributed by atoms with Crippen LogP contribution in [0.25, 0.3) is 64.0 Å². The van der Waals surface area contributed by atoms with Gasteiger partial charge in [0, 0.05) is 49.6 Å². The molecule has 0 saturated heterocycles. The van der Waals surface area contributed by atoms with Crippen molar-refractivity contribution in [1.29, 1.82) is 0 Å². The maximum atomic E-state index is 4.38. The number of hydrogen-bond donors (Lipinski definition) is 0. The number of fused-ring (bicyclic) bond motifs is 6. The summed E-state index contributed by atoms with van der Waals surface area (Å²) in [6, 6.07) is 57.1. The molecule has 2 nitrogen and oxygen atoms in total. The topological polar surface area (TPSA) is 16.1 Å².